The summed E-state index contributed by atoms with van der Waals surface area (Å²) in [6, 6.07) is 12.9. The van der Waals surface area contributed by atoms with Gasteiger partial charge in [-0.05, 0) is 73.3 Å². The average Bonchev–Trinajstić information content (AvgIpc) is 3.68. The molecule has 2 aromatic carbocycles. The molecule has 3 aliphatic rings. The van der Waals surface area contributed by atoms with Crippen LogP contribution in [-0.4, -0.2) is 24.0 Å². The predicted molar refractivity (Wildman–Crippen MR) is 123 cm³/mol. The lowest BCUT2D eigenvalue weighted by Gasteiger charge is -2.30. The van der Waals surface area contributed by atoms with E-state index in [1.54, 1.807) is 0 Å². The number of amides is 1. The van der Waals surface area contributed by atoms with Crippen molar-refractivity contribution in [3.05, 3.63) is 63.7 Å². The Bertz CT molecular complexity index is 951. The third-order valence-electron chi connectivity index (χ3n) is 6.74. The minimum absolute atomic E-state index is 0.0579. The molecule has 1 aliphatic heterocycles. The van der Waals surface area contributed by atoms with Crippen molar-refractivity contribution in [1.82, 2.24) is 10.2 Å². The van der Waals surface area contributed by atoms with E-state index in [1.165, 1.54) is 29.5 Å². The zero-order valence-electron chi connectivity index (χ0n) is 18.2. The van der Waals surface area contributed by atoms with Crippen LogP contribution in [0.15, 0.2) is 36.4 Å². The van der Waals surface area contributed by atoms with E-state index in [9.17, 15) is 4.79 Å². The maximum atomic E-state index is 12.0. The van der Waals surface area contributed by atoms with Crippen LogP contribution in [0.1, 0.15) is 60.9 Å². The van der Waals surface area contributed by atoms with E-state index in [0.29, 0.717) is 0 Å². The minimum Gasteiger partial charge on any atom is -0.492 e. The molecule has 1 heterocycles. The van der Waals surface area contributed by atoms with Gasteiger partial charge in [0.2, 0.25) is 5.91 Å². The van der Waals surface area contributed by atoms with E-state index in [-0.39, 0.29) is 17.9 Å². The van der Waals surface area contributed by atoms with Gasteiger partial charge in [-0.3, -0.25) is 9.69 Å². The lowest BCUT2D eigenvalue weighted by molar-refractivity contribution is -0.122. The molecule has 0 bridgehead atoms. The molecule has 2 saturated carbocycles. The van der Waals surface area contributed by atoms with E-state index in [1.807, 2.05) is 6.07 Å². The smallest absolute Gasteiger partial charge is 0.223 e. The highest BCUT2D eigenvalue weighted by Gasteiger charge is 2.30. The van der Waals surface area contributed by atoms with Crippen LogP contribution in [0.2, 0.25) is 5.02 Å². The Labute approximate surface area is 189 Å². The first-order valence-electron chi connectivity index (χ1n) is 11.6. The van der Waals surface area contributed by atoms with Crippen molar-refractivity contribution in [3.8, 4) is 5.75 Å². The van der Waals surface area contributed by atoms with Crippen LogP contribution in [0.25, 0.3) is 0 Å². The van der Waals surface area contributed by atoms with E-state index < -0.39 is 0 Å². The summed E-state index contributed by atoms with van der Waals surface area (Å²) in [5.41, 5.74) is 5.01. The number of rotatable bonds is 8. The van der Waals surface area contributed by atoms with Crippen LogP contribution in [-0.2, 0) is 24.3 Å². The van der Waals surface area contributed by atoms with Crippen LogP contribution >= 0.6 is 11.6 Å². The standard InChI is InChI=1S/C26H31ClN2O2/c1-17(28-26(30)21-8-9-21)20-6-4-18(5-7-20)14-29-13-12-23-22(15-29)10-11-24(25(23)27)31-16-19-2-3-19/h4-7,10-11,17,19,21H,2-3,8-9,12-16H2,1H3,(H,28,30)/t17-/m0/s1. The number of nitrogens with one attached hydrogen (secondary N) is 1. The van der Waals surface area contributed by atoms with Crippen LogP contribution in [0, 0.1) is 11.8 Å². The predicted octanol–water partition coefficient (Wildman–Crippen LogP) is 5.27. The van der Waals surface area contributed by atoms with Crippen molar-refractivity contribution in [3.63, 3.8) is 0 Å². The molecular weight excluding hydrogens is 408 g/mol. The molecule has 5 heteroatoms. The molecule has 4 nitrogen and oxygen atoms in total. The number of ether oxygens (including phenoxy) is 1. The fraction of sp³-hybridized carbons (Fsp3) is 0.500. The third kappa shape index (κ3) is 5.07. The Balaban J connectivity index is 1.18. The molecule has 5 rings (SSSR count). The maximum absolute atomic E-state index is 12.0. The molecule has 1 amide bonds. The molecule has 1 N–H and O–H groups in total. The van der Waals surface area contributed by atoms with Gasteiger partial charge in [0.25, 0.3) is 0 Å². The lowest BCUT2D eigenvalue weighted by Crippen LogP contribution is -2.30. The van der Waals surface area contributed by atoms with Gasteiger partial charge in [0, 0.05) is 25.6 Å². The summed E-state index contributed by atoms with van der Waals surface area (Å²) in [6.45, 7) is 5.68. The largest absolute Gasteiger partial charge is 0.492 e. The van der Waals surface area contributed by atoms with Crippen molar-refractivity contribution in [2.24, 2.45) is 11.8 Å². The van der Waals surface area contributed by atoms with Gasteiger partial charge < -0.3 is 10.1 Å². The van der Waals surface area contributed by atoms with E-state index in [2.05, 4.69) is 47.5 Å². The molecule has 2 fully saturated rings. The van der Waals surface area contributed by atoms with Gasteiger partial charge in [-0.1, -0.05) is 41.9 Å². The van der Waals surface area contributed by atoms with Gasteiger partial charge in [0.05, 0.1) is 17.7 Å². The van der Waals surface area contributed by atoms with Gasteiger partial charge in [0.15, 0.2) is 0 Å². The zero-order chi connectivity index (χ0) is 21.4. The average molecular weight is 439 g/mol. The third-order valence-corrected chi connectivity index (χ3v) is 7.16. The highest BCUT2D eigenvalue weighted by Crippen LogP contribution is 2.36. The van der Waals surface area contributed by atoms with Gasteiger partial charge in [0.1, 0.15) is 5.75 Å². The highest BCUT2D eigenvalue weighted by atomic mass is 35.5. The fourth-order valence-electron chi connectivity index (χ4n) is 4.32. The number of halogens is 1. The molecule has 0 spiro atoms. The Morgan fingerprint density at radius 3 is 2.65 bits per heavy atom. The Morgan fingerprint density at radius 1 is 1.16 bits per heavy atom. The van der Waals surface area contributed by atoms with E-state index in [0.717, 1.165) is 67.8 Å². The molecule has 2 aromatic rings. The summed E-state index contributed by atoms with van der Waals surface area (Å²) in [7, 11) is 0. The highest BCUT2D eigenvalue weighted by molar-refractivity contribution is 6.33. The Hall–Kier alpha value is -2.04. The molecule has 0 aromatic heterocycles. The van der Waals surface area contributed by atoms with Gasteiger partial charge >= 0.3 is 0 Å². The van der Waals surface area contributed by atoms with E-state index >= 15 is 0 Å². The quantitative estimate of drug-likeness (QED) is 0.610. The summed E-state index contributed by atoms with van der Waals surface area (Å²) >= 11 is 6.67. The second kappa shape index (κ2) is 8.84. The summed E-state index contributed by atoms with van der Waals surface area (Å²) < 4.78 is 5.95. The van der Waals surface area contributed by atoms with Crippen LogP contribution in [0.5, 0.6) is 5.75 Å². The van der Waals surface area contributed by atoms with Crippen molar-refractivity contribution < 1.29 is 9.53 Å². The van der Waals surface area contributed by atoms with Crippen LogP contribution < -0.4 is 10.1 Å². The van der Waals surface area contributed by atoms with Crippen LogP contribution in [0.4, 0.5) is 0 Å². The number of nitrogens with zero attached hydrogens (tertiary/aromatic N) is 1. The number of carbonyl (C=O) groups excluding carboxylic acids is 1. The second-order valence-corrected chi connectivity index (χ2v) is 9.85. The van der Waals surface area contributed by atoms with Gasteiger partial charge in [-0.25, -0.2) is 0 Å². The monoisotopic (exact) mass is 438 g/mol. The minimum atomic E-state index is 0.0579. The summed E-state index contributed by atoms with van der Waals surface area (Å²) in [5, 5.41) is 3.94. The molecule has 164 valence electrons. The molecule has 0 radical (unpaired) electrons. The van der Waals surface area contributed by atoms with Crippen molar-refractivity contribution in [2.45, 2.75) is 58.2 Å². The summed E-state index contributed by atoms with van der Waals surface area (Å²) in [6.07, 6.45) is 5.60. The molecule has 2 aliphatic carbocycles. The van der Waals surface area contributed by atoms with Crippen LogP contribution in [0.3, 0.4) is 0 Å². The van der Waals surface area contributed by atoms with E-state index in [4.69, 9.17) is 16.3 Å². The SMILES string of the molecule is C[C@H](NC(=O)C1CC1)c1ccc(CN2CCc3c(ccc(OCC4CC4)c3Cl)C2)cc1. The fourth-order valence-corrected chi connectivity index (χ4v) is 4.65. The summed E-state index contributed by atoms with van der Waals surface area (Å²) in [5.74, 6) is 2.02. The molecule has 0 saturated heterocycles. The number of fused-ring (bicyclic) bond motifs is 1. The second-order valence-electron chi connectivity index (χ2n) is 9.48. The molecule has 1 atom stereocenters. The molecule has 31 heavy (non-hydrogen) atoms. The van der Waals surface area contributed by atoms with Crippen molar-refractivity contribution >= 4 is 17.5 Å². The number of hydrogen-bond donors (Lipinski definition) is 1. The first kappa shape index (κ1) is 20.8. The van der Waals surface area contributed by atoms with Crippen molar-refractivity contribution in [2.75, 3.05) is 13.2 Å². The zero-order valence-corrected chi connectivity index (χ0v) is 19.0. The first-order valence-corrected chi connectivity index (χ1v) is 12.0. The normalized spacial score (nSPS) is 19.5. The number of carbonyl (C=O) groups is 1. The maximum Gasteiger partial charge on any atom is 0.223 e. The Morgan fingerprint density at radius 2 is 1.94 bits per heavy atom. The number of hydrogen-bond acceptors (Lipinski definition) is 3. The van der Waals surface area contributed by atoms with Gasteiger partial charge in [-0.2, -0.15) is 0 Å². The molecular formula is C26H31ClN2O2. The van der Waals surface area contributed by atoms with Gasteiger partial charge in [-0.15, -0.1) is 0 Å². The number of benzene rings is 2. The van der Waals surface area contributed by atoms with Crippen molar-refractivity contribution in [1.29, 1.82) is 0 Å². The molecule has 0 unspecified atom stereocenters. The lowest BCUT2D eigenvalue weighted by atomic mass is 9.98. The topological polar surface area (TPSA) is 41.6 Å². The first-order chi connectivity index (χ1) is 15.1. The summed E-state index contributed by atoms with van der Waals surface area (Å²) in [4.78, 5) is 14.5. The Kier molecular flexibility index (Phi) is 5.94.